The zero-order valence-corrected chi connectivity index (χ0v) is 20.9. The summed E-state index contributed by atoms with van der Waals surface area (Å²) in [6.45, 7) is 5.04. The Bertz CT molecular complexity index is 1510. The number of aromatic nitrogens is 3. The molecule has 0 saturated carbocycles. The summed E-state index contributed by atoms with van der Waals surface area (Å²) in [5, 5.41) is 2.41. The Balaban J connectivity index is 1.35. The minimum Gasteiger partial charge on any atom is -0.370 e. The number of amides is 1. The number of sulfone groups is 1. The van der Waals surface area contributed by atoms with Crippen molar-refractivity contribution in [1.29, 1.82) is 0 Å². The second-order valence-corrected chi connectivity index (χ2v) is 11.8. The van der Waals surface area contributed by atoms with E-state index in [1.54, 1.807) is 62.6 Å². The molecule has 36 heavy (non-hydrogen) atoms. The number of carbonyl (C=O) groups excluding carboxylic acids is 1. The van der Waals surface area contributed by atoms with Crippen LogP contribution in [0.3, 0.4) is 0 Å². The summed E-state index contributed by atoms with van der Waals surface area (Å²) in [7, 11) is -3.36. The second kappa shape index (κ2) is 9.36. The van der Waals surface area contributed by atoms with Crippen molar-refractivity contribution in [2.75, 3.05) is 23.3 Å². The first-order chi connectivity index (χ1) is 17.2. The standard InChI is InChI=1S/C26H28N6O3S/c1-16(2)36(34,35)21-9-5-17(6-10-21)22-13-28-25-24(30-22)23(14-29-25)31-26(33)18-3-7-20(8-4-18)32-12-11-19(27)15-32/h3-10,13-14,16,19H,11-12,15,27H2,1-2H3,(H,28,29)(H,31,33)/t19-/m1/s1. The van der Waals surface area contributed by atoms with E-state index >= 15 is 0 Å². The Labute approximate surface area is 209 Å². The smallest absolute Gasteiger partial charge is 0.255 e. The average Bonchev–Trinajstić information content (AvgIpc) is 3.50. The zero-order chi connectivity index (χ0) is 25.4. The zero-order valence-electron chi connectivity index (χ0n) is 20.1. The van der Waals surface area contributed by atoms with Crippen molar-refractivity contribution in [2.45, 2.75) is 36.5 Å². The molecule has 3 heterocycles. The molecule has 0 bridgehead atoms. The van der Waals surface area contributed by atoms with Crippen LogP contribution in [-0.4, -0.2) is 53.7 Å². The van der Waals surface area contributed by atoms with E-state index in [0.717, 1.165) is 30.8 Å². The molecule has 0 unspecified atom stereocenters. The van der Waals surface area contributed by atoms with Gasteiger partial charge in [0.1, 0.15) is 5.52 Å². The lowest BCUT2D eigenvalue weighted by Gasteiger charge is -2.18. The number of benzene rings is 2. The lowest BCUT2D eigenvalue weighted by atomic mass is 10.1. The number of fused-ring (bicyclic) bond motifs is 1. The molecule has 2 aromatic carbocycles. The summed E-state index contributed by atoms with van der Waals surface area (Å²) < 4.78 is 24.8. The van der Waals surface area contributed by atoms with Crippen molar-refractivity contribution in [2.24, 2.45) is 5.73 Å². The quantitative estimate of drug-likeness (QED) is 0.365. The number of H-pyrrole nitrogens is 1. The molecule has 10 heteroatoms. The Hall–Kier alpha value is -3.76. The van der Waals surface area contributed by atoms with Crippen LogP contribution in [0.4, 0.5) is 11.4 Å². The summed E-state index contributed by atoms with van der Waals surface area (Å²) in [5.41, 5.74) is 10.4. The van der Waals surface area contributed by atoms with Crippen LogP contribution in [0.15, 0.2) is 65.8 Å². The van der Waals surface area contributed by atoms with Gasteiger partial charge >= 0.3 is 0 Å². The van der Waals surface area contributed by atoms with Gasteiger partial charge in [0.05, 0.1) is 27.7 Å². The monoisotopic (exact) mass is 504 g/mol. The molecule has 4 aromatic rings. The predicted octanol–water partition coefficient (Wildman–Crippen LogP) is 3.60. The third kappa shape index (κ3) is 4.57. The third-order valence-electron chi connectivity index (χ3n) is 6.45. The lowest BCUT2D eigenvalue weighted by molar-refractivity contribution is 0.102. The molecule has 1 aliphatic heterocycles. The first-order valence-electron chi connectivity index (χ1n) is 11.8. The highest BCUT2D eigenvalue weighted by Crippen LogP contribution is 2.26. The molecule has 1 fully saturated rings. The van der Waals surface area contributed by atoms with Gasteiger partial charge in [-0.05, 0) is 56.7 Å². The summed E-state index contributed by atoms with van der Waals surface area (Å²) in [5.74, 6) is -0.254. The van der Waals surface area contributed by atoms with Crippen molar-refractivity contribution in [3.63, 3.8) is 0 Å². The Morgan fingerprint density at radius 2 is 1.86 bits per heavy atom. The molecule has 9 nitrogen and oxygen atoms in total. The summed E-state index contributed by atoms with van der Waals surface area (Å²) in [6.07, 6.45) is 4.23. The fourth-order valence-electron chi connectivity index (χ4n) is 4.25. The molecular weight excluding hydrogens is 476 g/mol. The van der Waals surface area contributed by atoms with Gasteiger partial charge in [-0.25, -0.2) is 18.4 Å². The normalized spacial score (nSPS) is 16.1. The molecule has 1 atom stereocenters. The van der Waals surface area contributed by atoms with E-state index in [9.17, 15) is 13.2 Å². The van der Waals surface area contributed by atoms with E-state index in [1.807, 2.05) is 12.1 Å². The number of nitrogens with one attached hydrogen (secondary N) is 2. The minimum absolute atomic E-state index is 0.187. The van der Waals surface area contributed by atoms with Gasteiger partial charge < -0.3 is 20.9 Å². The molecule has 0 aliphatic carbocycles. The largest absolute Gasteiger partial charge is 0.370 e. The summed E-state index contributed by atoms with van der Waals surface area (Å²) in [4.78, 5) is 27.5. The number of hydrogen-bond donors (Lipinski definition) is 3. The topological polar surface area (TPSA) is 134 Å². The highest BCUT2D eigenvalue weighted by atomic mass is 32.2. The van der Waals surface area contributed by atoms with Crippen LogP contribution in [0.5, 0.6) is 0 Å². The highest BCUT2D eigenvalue weighted by molar-refractivity contribution is 7.92. The highest BCUT2D eigenvalue weighted by Gasteiger charge is 2.21. The maximum atomic E-state index is 12.9. The van der Waals surface area contributed by atoms with Gasteiger partial charge in [-0.2, -0.15) is 0 Å². The van der Waals surface area contributed by atoms with Crippen LogP contribution in [0.1, 0.15) is 30.6 Å². The molecule has 5 rings (SSSR count). The first-order valence-corrected chi connectivity index (χ1v) is 13.4. The third-order valence-corrected chi connectivity index (χ3v) is 8.62. The first kappa shape index (κ1) is 24.0. The maximum absolute atomic E-state index is 12.9. The molecule has 1 saturated heterocycles. The Morgan fingerprint density at radius 1 is 1.14 bits per heavy atom. The van der Waals surface area contributed by atoms with Crippen LogP contribution in [-0.2, 0) is 9.84 Å². The maximum Gasteiger partial charge on any atom is 0.255 e. The van der Waals surface area contributed by atoms with Crippen molar-refractivity contribution in [3.05, 3.63) is 66.5 Å². The molecule has 0 radical (unpaired) electrons. The van der Waals surface area contributed by atoms with Gasteiger partial charge in [-0.15, -0.1) is 0 Å². The SMILES string of the molecule is CC(C)S(=O)(=O)c1ccc(-c2cnc3[nH]cc(NC(=O)c4ccc(N5CC[C@@H](N)C5)cc4)c3n2)cc1. The second-order valence-electron chi connectivity index (χ2n) is 9.27. The van der Waals surface area contributed by atoms with Gasteiger partial charge in [0.2, 0.25) is 0 Å². The number of carbonyl (C=O) groups is 1. The fraction of sp³-hybridized carbons (Fsp3) is 0.269. The molecule has 1 amide bonds. The van der Waals surface area contributed by atoms with Gasteiger partial charge in [0.15, 0.2) is 15.5 Å². The number of nitrogens with zero attached hydrogens (tertiary/aromatic N) is 3. The van der Waals surface area contributed by atoms with Crippen molar-refractivity contribution in [1.82, 2.24) is 15.0 Å². The molecular formula is C26H28N6O3S. The van der Waals surface area contributed by atoms with Gasteiger partial charge in [0.25, 0.3) is 5.91 Å². The van der Waals surface area contributed by atoms with Crippen LogP contribution in [0.25, 0.3) is 22.4 Å². The van der Waals surface area contributed by atoms with E-state index in [2.05, 4.69) is 25.2 Å². The minimum atomic E-state index is -3.36. The van der Waals surface area contributed by atoms with E-state index < -0.39 is 15.1 Å². The molecule has 2 aromatic heterocycles. The van der Waals surface area contributed by atoms with Gasteiger partial charge in [-0.3, -0.25) is 4.79 Å². The van der Waals surface area contributed by atoms with E-state index in [1.165, 1.54) is 0 Å². The molecule has 0 spiro atoms. The van der Waals surface area contributed by atoms with Crippen LogP contribution in [0, 0.1) is 0 Å². The Morgan fingerprint density at radius 3 is 2.50 bits per heavy atom. The number of nitrogens with two attached hydrogens (primary N) is 1. The Kier molecular flexibility index (Phi) is 6.23. The summed E-state index contributed by atoms with van der Waals surface area (Å²) >= 11 is 0. The number of rotatable bonds is 6. The number of aromatic amines is 1. The lowest BCUT2D eigenvalue weighted by Crippen LogP contribution is -2.26. The van der Waals surface area contributed by atoms with Crippen LogP contribution >= 0.6 is 0 Å². The van der Waals surface area contributed by atoms with Crippen molar-refractivity contribution < 1.29 is 13.2 Å². The summed E-state index contributed by atoms with van der Waals surface area (Å²) in [6, 6.07) is 14.2. The number of anilines is 2. The van der Waals surface area contributed by atoms with Crippen molar-refractivity contribution >= 4 is 38.3 Å². The van der Waals surface area contributed by atoms with E-state index in [0.29, 0.717) is 28.1 Å². The van der Waals surface area contributed by atoms with Crippen LogP contribution < -0.4 is 16.0 Å². The molecule has 1 aliphatic rings. The van der Waals surface area contributed by atoms with E-state index in [4.69, 9.17) is 5.73 Å². The van der Waals surface area contributed by atoms with Crippen molar-refractivity contribution in [3.8, 4) is 11.3 Å². The molecule has 4 N–H and O–H groups in total. The predicted molar refractivity (Wildman–Crippen MR) is 141 cm³/mol. The fourth-order valence-corrected chi connectivity index (χ4v) is 5.31. The molecule has 186 valence electrons. The van der Waals surface area contributed by atoms with Gasteiger partial charge in [0, 0.05) is 42.1 Å². The average molecular weight is 505 g/mol. The van der Waals surface area contributed by atoms with Gasteiger partial charge in [-0.1, -0.05) is 12.1 Å². The number of hydrogen-bond acceptors (Lipinski definition) is 7. The van der Waals surface area contributed by atoms with Crippen LogP contribution in [0.2, 0.25) is 0 Å². The van der Waals surface area contributed by atoms with E-state index in [-0.39, 0.29) is 16.8 Å².